The van der Waals surface area contributed by atoms with Crippen LogP contribution in [0.3, 0.4) is 0 Å². The van der Waals surface area contributed by atoms with Crippen molar-refractivity contribution in [3.63, 3.8) is 0 Å². The molecule has 4 rings (SSSR count). The molecular weight excluding hydrogens is 465 g/mol. The predicted molar refractivity (Wildman–Crippen MR) is 117 cm³/mol. The van der Waals surface area contributed by atoms with E-state index in [1.807, 2.05) is 0 Å². The summed E-state index contributed by atoms with van der Waals surface area (Å²) in [6.45, 7) is 1.62. The van der Waals surface area contributed by atoms with Crippen LogP contribution >= 0.6 is 0 Å². The van der Waals surface area contributed by atoms with Gasteiger partial charge in [0.05, 0.1) is 17.3 Å². The Bertz CT molecular complexity index is 1360. The Labute approximate surface area is 196 Å². The molecule has 35 heavy (non-hydrogen) atoms. The summed E-state index contributed by atoms with van der Waals surface area (Å²) in [5.74, 6) is -1.53. The van der Waals surface area contributed by atoms with Crippen LogP contribution in [0.2, 0.25) is 0 Å². The van der Waals surface area contributed by atoms with Crippen molar-refractivity contribution in [2.75, 3.05) is 5.32 Å². The minimum Gasteiger partial charge on any atom is -0.351 e. The van der Waals surface area contributed by atoms with E-state index in [9.17, 15) is 22.8 Å². The third-order valence-corrected chi connectivity index (χ3v) is 4.87. The Morgan fingerprint density at radius 1 is 1.00 bits per heavy atom. The number of benzene rings is 1. The van der Waals surface area contributed by atoms with E-state index in [1.165, 1.54) is 30.6 Å². The fourth-order valence-corrected chi connectivity index (χ4v) is 3.07. The van der Waals surface area contributed by atoms with Gasteiger partial charge in [-0.05, 0) is 43.3 Å². The van der Waals surface area contributed by atoms with E-state index in [4.69, 9.17) is 4.52 Å². The van der Waals surface area contributed by atoms with Crippen molar-refractivity contribution in [3.05, 3.63) is 90.0 Å². The van der Waals surface area contributed by atoms with Crippen LogP contribution in [0.15, 0.2) is 71.8 Å². The molecule has 2 N–H and O–H groups in total. The maximum atomic E-state index is 12.9. The van der Waals surface area contributed by atoms with Crippen molar-refractivity contribution in [2.45, 2.75) is 19.1 Å². The molecule has 0 saturated heterocycles. The second kappa shape index (κ2) is 9.71. The number of hydrogen-bond donors (Lipinski definition) is 2. The number of hydrogen-bond acceptors (Lipinski definition) is 7. The summed E-state index contributed by atoms with van der Waals surface area (Å²) in [5, 5.41) is 8.80. The molecule has 1 unspecified atom stereocenters. The zero-order valence-electron chi connectivity index (χ0n) is 18.1. The summed E-state index contributed by atoms with van der Waals surface area (Å²) >= 11 is 0. The standard InChI is InChI=1S/C23H17F3N6O3/c1-13(30-21(33)19-10-18(28-12-29-19)14-5-7-27-8-6-14)17-11-20(35-32-17)22(34)31-16-4-2-3-15(9-16)23(24,25)26/h2-13H,1H3,(H,30,33)(H,31,34). The molecule has 12 heteroatoms. The molecule has 9 nitrogen and oxygen atoms in total. The van der Waals surface area contributed by atoms with Gasteiger partial charge in [-0.25, -0.2) is 9.97 Å². The van der Waals surface area contributed by atoms with E-state index < -0.39 is 29.6 Å². The number of carbonyl (C=O) groups excluding carboxylic acids is 2. The lowest BCUT2D eigenvalue weighted by molar-refractivity contribution is -0.137. The zero-order valence-corrected chi connectivity index (χ0v) is 18.1. The Morgan fingerprint density at radius 2 is 1.77 bits per heavy atom. The SMILES string of the molecule is CC(NC(=O)c1cc(-c2ccncc2)ncn1)c1cc(C(=O)Nc2cccc(C(F)(F)F)c2)on1. The second-order valence-electron chi connectivity index (χ2n) is 7.37. The second-order valence-corrected chi connectivity index (χ2v) is 7.37. The number of nitrogens with one attached hydrogen (secondary N) is 2. The molecule has 0 aliphatic carbocycles. The zero-order chi connectivity index (χ0) is 25.0. The van der Waals surface area contributed by atoms with Crippen molar-refractivity contribution in [1.29, 1.82) is 0 Å². The minimum atomic E-state index is -4.55. The number of alkyl halides is 3. The molecule has 3 aromatic heterocycles. The van der Waals surface area contributed by atoms with Gasteiger partial charge in [0.1, 0.15) is 17.7 Å². The van der Waals surface area contributed by atoms with Crippen molar-refractivity contribution in [2.24, 2.45) is 0 Å². The minimum absolute atomic E-state index is 0.0575. The number of halogens is 3. The Balaban J connectivity index is 1.42. The Hall–Kier alpha value is -4.61. The monoisotopic (exact) mass is 482 g/mol. The number of amides is 2. The van der Waals surface area contributed by atoms with E-state index in [0.717, 1.165) is 17.7 Å². The Morgan fingerprint density at radius 3 is 2.51 bits per heavy atom. The molecule has 1 atom stereocenters. The van der Waals surface area contributed by atoms with Gasteiger partial charge in [0.2, 0.25) is 5.76 Å². The fourth-order valence-electron chi connectivity index (χ4n) is 3.07. The molecule has 0 aliphatic rings. The van der Waals surface area contributed by atoms with Gasteiger partial charge in [-0.3, -0.25) is 14.6 Å². The van der Waals surface area contributed by atoms with Crippen molar-refractivity contribution in [1.82, 2.24) is 25.4 Å². The maximum absolute atomic E-state index is 12.9. The van der Waals surface area contributed by atoms with Crippen LogP contribution in [0.5, 0.6) is 0 Å². The Kier molecular flexibility index (Phi) is 6.53. The van der Waals surface area contributed by atoms with E-state index in [2.05, 4.69) is 30.7 Å². The van der Waals surface area contributed by atoms with Crippen LogP contribution < -0.4 is 10.6 Å². The molecule has 0 fully saturated rings. The van der Waals surface area contributed by atoms with E-state index >= 15 is 0 Å². The summed E-state index contributed by atoms with van der Waals surface area (Å²) in [7, 11) is 0. The highest BCUT2D eigenvalue weighted by atomic mass is 19.4. The highest BCUT2D eigenvalue weighted by Gasteiger charge is 2.30. The van der Waals surface area contributed by atoms with Gasteiger partial charge in [0.25, 0.3) is 11.8 Å². The summed E-state index contributed by atoms with van der Waals surface area (Å²) in [5.41, 5.74) is 0.688. The number of pyridine rings is 1. The average Bonchev–Trinajstić information content (AvgIpc) is 3.35. The number of carbonyl (C=O) groups is 2. The number of anilines is 1. The predicted octanol–water partition coefficient (Wildman–Crippen LogP) is 4.29. The molecular formula is C23H17F3N6O3. The van der Waals surface area contributed by atoms with Gasteiger partial charge in [0.15, 0.2) is 0 Å². The molecule has 0 radical (unpaired) electrons. The molecule has 0 spiro atoms. The summed E-state index contributed by atoms with van der Waals surface area (Å²) in [6.07, 6.45) is -0.0760. The van der Waals surface area contributed by atoms with Crippen LogP contribution in [0, 0.1) is 0 Å². The third kappa shape index (κ3) is 5.66. The van der Waals surface area contributed by atoms with Gasteiger partial charge in [-0.1, -0.05) is 11.2 Å². The first kappa shape index (κ1) is 23.5. The van der Waals surface area contributed by atoms with Gasteiger partial charge >= 0.3 is 6.18 Å². The lowest BCUT2D eigenvalue weighted by Crippen LogP contribution is -2.27. The van der Waals surface area contributed by atoms with Crippen LogP contribution in [0.1, 0.15) is 45.3 Å². The lowest BCUT2D eigenvalue weighted by Gasteiger charge is -2.11. The summed E-state index contributed by atoms with van der Waals surface area (Å²) < 4.78 is 43.6. The number of rotatable bonds is 6. The van der Waals surface area contributed by atoms with Crippen LogP contribution in [0.25, 0.3) is 11.3 Å². The fraction of sp³-hybridized carbons (Fsp3) is 0.130. The molecule has 4 aromatic rings. The van der Waals surface area contributed by atoms with E-state index in [1.54, 1.807) is 31.5 Å². The van der Waals surface area contributed by atoms with Crippen molar-refractivity contribution >= 4 is 17.5 Å². The highest BCUT2D eigenvalue weighted by molar-refractivity contribution is 6.02. The first-order chi connectivity index (χ1) is 16.7. The van der Waals surface area contributed by atoms with E-state index in [-0.39, 0.29) is 22.8 Å². The number of nitrogens with zero attached hydrogens (tertiary/aromatic N) is 4. The largest absolute Gasteiger partial charge is 0.416 e. The van der Waals surface area contributed by atoms with Gasteiger partial charge < -0.3 is 15.2 Å². The quantitative estimate of drug-likeness (QED) is 0.420. The first-order valence-corrected chi connectivity index (χ1v) is 10.2. The molecule has 2 amide bonds. The average molecular weight is 482 g/mol. The van der Waals surface area contributed by atoms with Gasteiger partial charge in [0, 0.05) is 29.7 Å². The molecule has 0 aliphatic heterocycles. The summed E-state index contributed by atoms with van der Waals surface area (Å²) in [6, 6.07) is 9.82. The van der Waals surface area contributed by atoms with Gasteiger partial charge in [-0.15, -0.1) is 0 Å². The van der Waals surface area contributed by atoms with Crippen LogP contribution in [-0.2, 0) is 6.18 Å². The number of aromatic nitrogens is 4. The molecule has 178 valence electrons. The molecule has 0 saturated carbocycles. The van der Waals surface area contributed by atoms with Crippen LogP contribution in [0.4, 0.5) is 18.9 Å². The highest BCUT2D eigenvalue weighted by Crippen LogP contribution is 2.30. The van der Waals surface area contributed by atoms with Crippen LogP contribution in [-0.4, -0.2) is 31.9 Å². The molecule has 3 heterocycles. The molecule has 1 aromatic carbocycles. The first-order valence-electron chi connectivity index (χ1n) is 10.2. The lowest BCUT2D eigenvalue weighted by atomic mass is 10.1. The topological polar surface area (TPSA) is 123 Å². The normalized spacial score (nSPS) is 12.1. The smallest absolute Gasteiger partial charge is 0.351 e. The van der Waals surface area contributed by atoms with Crippen molar-refractivity contribution in [3.8, 4) is 11.3 Å². The summed E-state index contributed by atoms with van der Waals surface area (Å²) in [4.78, 5) is 37.1. The maximum Gasteiger partial charge on any atom is 0.416 e. The van der Waals surface area contributed by atoms with E-state index in [0.29, 0.717) is 5.69 Å². The van der Waals surface area contributed by atoms with Gasteiger partial charge in [-0.2, -0.15) is 13.2 Å². The third-order valence-electron chi connectivity index (χ3n) is 4.87. The molecule has 0 bridgehead atoms. The van der Waals surface area contributed by atoms with Crippen molar-refractivity contribution < 1.29 is 27.3 Å².